The summed E-state index contributed by atoms with van der Waals surface area (Å²) >= 11 is 0. The number of aromatic amines is 2. The normalized spacial score (nSPS) is 10.8. The minimum atomic E-state index is -0.248. The molecule has 1 aromatic carbocycles. The molecule has 0 fully saturated rings. The molecule has 0 aliphatic carbocycles. The molecule has 5 N–H and O–H groups in total. The summed E-state index contributed by atoms with van der Waals surface area (Å²) in [5.74, 6) is 0.390. The van der Waals surface area contributed by atoms with Gasteiger partial charge in [-0.3, -0.25) is 9.78 Å². The lowest BCUT2D eigenvalue weighted by Gasteiger charge is -2.09. The average Bonchev–Trinajstić information content (AvgIpc) is 2.94. The Kier molecular flexibility index (Phi) is 3.18. The van der Waals surface area contributed by atoms with Gasteiger partial charge in [0.1, 0.15) is 0 Å². The second kappa shape index (κ2) is 5.14. The lowest BCUT2D eigenvalue weighted by Crippen LogP contribution is -2.14. The van der Waals surface area contributed by atoms with Crippen LogP contribution in [0.3, 0.4) is 0 Å². The van der Waals surface area contributed by atoms with E-state index in [0.29, 0.717) is 30.2 Å². The van der Waals surface area contributed by atoms with Crippen molar-refractivity contribution in [2.75, 3.05) is 5.32 Å². The van der Waals surface area contributed by atoms with Gasteiger partial charge in [-0.2, -0.15) is 4.98 Å². The van der Waals surface area contributed by atoms with E-state index in [1.54, 1.807) is 0 Å². The molecule has 7 heteroatoms. The first kappa shape index (κ1) is 12.4. The van der Waals surface area contributed by atoms with E-state index in [9.17, 15) is 4.79 Å². The van der Waals surface area contributed by atoms with Gasteiger partial charge >= 0.3 is 0 Å². The van der Waals surface area contributed by atoms with E-state index in [4.69, 9.17) is 5.73 Å². The van der Waals surface area contributed by atoms with E-state index in [-0.39, 0.29) is 5.56 Å². The van der Waals surface area contributed by atoms with Gasteiger partial charge in [0.15, 0.2) is 11.2 Å². The number of aromatic nitrogens is 4. The van der Waals surface area contributed by atoms with Crippen LogP contribution in [-0.2, 0) is 13.1 Å². The summed E-state index contributed by atoms with van der Waals surface area (Å²) in [7, 11) is 0. The number of hydrogen-bond acceptors (Lipinski definition) is 5. The molecule has 0 spiro atoms. The van der Waals surface area contributed by atoms with Crippen molar-refractivity contribution in [3.05, 3.63) is 52.1 Å². The molecule has 2 aromatic heterocycles. The monoisotopic (exact) mass is 270 g/mol. The van der Waals surface area contributed by atoms with Crippen molar-refractivity contribution < 1.29 is 0 Å². The molecule has 0 aliphatic rings. The summed E-state index contributed by atoms with van der Waals surface area (Å²) in [5, 5.41) is 3.08. The Bertz CT molecular complexity index is 791. The molecule has 0 unspecified atom stereocenters. The standard InChI is InChI=1S/C13H14N6O/c14-5-8-3-1-2-4-9(8)6-15-13-18-11-10(12(20)19-13)16-7-17-11/h1-4,7H,5-6,14H2,(H3,15,16,17,18,19,20). The summed E-state index contributed by atoms with van der Waals surface area (Å²) in [5.41, 5.74) is 8.33. The zero-order valence-corrected chi connectivity index (χ0v) is 10.7. The SMILES string of the molecule is NCc1ccccc1CNc1nc2nc[nH]c2c(=O)[nH]1. The van der Waals surface area contributed by atoms with Gasteiger partial charge in [0.25, 0.3) is 5.56 Å². The number of nitrogens with two attached hydrogens (primary N) is 1. The molecule has 3 rings (SSSR count). The molecule has 102 valence electrons. The first-order valence-electron chi connectivity index (χ1n) is 6.22. The van der Waals surface area contributed by atoms with E-state index < -0.39 is 0 Å². The summed E-state index contributed by atoms with van der Waals surface area (Å²) in [6, 6.07) is 7.86. The van der Waals surface area contributed by atoms with Crippen molar-refractivity contribution >= 4 is 17.1 Å². The van der Waals surface area contributed by atoms with Crippen LogP contribution in [0.25, 0.3) is 11.2 Å². The van der Waals surface area contributed by atoms with Crippen LogP contribution in [0.2, 0.25) is 0 Å². The topological polar surface area (TPSA) is 112 Å². The van der Waals surface area contributed by atoms with E-state index >= 15 is 0 Å². The number of rotatable bonds is 4. The summed E-state index contributed by atoms with van der Waals surface area (Å²) in [4.78, 5) is 25.4. The number of fused-ring (bicyclic) bond motifs is 1. The second-order valence-electron chi connectivity index (χ2n) is 4.34. The largest absolute Gasteiger partial charge is 0.352 e. The van der Waals surface area contributed by atoms with Gasteiger partial charge in [-0.05, 0) is 11.1 Å². The Morgan fingerprint density at radius 1 is 1.25 bits per heavy atom. The number of anilines is 1. The Hall–Kier alpha value is -2.67. The zero-order valence-electron chi connectivity index (χ0n) is 10.7. The van der Waals surface area contributed by atoms with Crippen LogP contribution in [0.15, 0.2) is 35.4 Å². The maximum Gasteiger partial charge on any atom is 0.278 e. The Labute approximate surface area is 114 Å². The maximum absolute atomic E-state index is 11.8. The highest BCUT2D eigenvalue weighted by molar-refractivity contribution is 5.69. The quantitative estimate of drug-likeness (QED) is 0.558. The van der Waals surface area contributed by atoms with Crippen LogP contribution in [0.4, 0.5) is 5.95 Å². The smallest absolute Gasteiger partial charge is 0.278 e. The molecule has 20 heavy (non-hydrogen) atoms. The Balaban J connectivity index is 1.85. The fraction of sp³-hybridized carbons (Fsp3) is 0.154. The van der Waals surface area contributed by atoms with Gasteiger partial charge in [0.2, 0.25) is 5.95 Å². The first-order chi connectivity index (χ1) is 9.78. The summed E-state index contributed by atoms with van der Waals surface area (Å²) in [6.07, 6.45) is 1.44. The van der Waals surface area contributed by atoms with Gasteiger partial charge in [-0.15, -0.1) is 0 Å². The number of nitrogens with one attached hydrogen (secondary N) is 3. The minimum Gasteiger partial charge on any atom is -0.352 e. The summed E-state index contributed by atoms with van der Waals surface area (Å²) < 4.78 is 0. The highest BCUT2D eigenvalue weighted by Gasteiger charge is 2.06. The Morgan fingerprint density at radius 3 is 2.85 bits per heavy atom. The fourth-order valence-electron chi connectivity index (χ4n) is 2.03. The molecule has 0 saturated carbocycles. The van der Waals surface area contributed by atoms with Gasteiger partial charge in [-0.25, -0.2) is 4.98 Å². The average molecular weight is 270 g/mol. The number of H-pyrrole nitrogens is 2. The highest BCUT2D eigenvalue weighted by atomic mass is 16.1. The molecule has 0 atom stereocenters. The molecule has 2 heterocycles. The van der Waals surface area contributed by atoms with Crippen molar-refractivity contribution in [3.8, 4) is 0 Å². The molecule has 0 bridgehead atoms. The third kappa shape index (κ3) is 2.26. The van der Waals surface area contributed by atoms with E-state index in [1.165, 1.54) is 6.33 Å². The zero-order chi connectivity index (χ0) is 13.9. The van der Waals surface area contributed by atoms with Crippen LogP contribution in [0.1, 0.15) is 11.1 Å². The third-order valence-corrected chi connectivity index (χ3v) is 3.08. The number of benzene rings is 1. The fourth-order valence-corrected chi connectivity index (χ4v) is 2.03. The lowest BCUT2D eigenvalue weighted by atomic mass is 10.1. The first-order valence-corrected chi connectivity index (χ1v) is 6.22. The van der Waals surface area contributed by atoms with Gasteiger partial charge < -0.3 is 16.0 Å². The minimum absolute atomic E-state index is 0.248. The second-order valence-corrected chi connectivity index (χ2v) is 4.34. The molecule has 0 aliphatic heterocycles. The van der Waals surface area contributed by atoms with Crippen molar-refractivity contribution in [2.24, 2.45) is 5.73 Å². The predicted octanol–water partition coefficient (Wildman–Crippen LogP) is 0.717. The lowest BCUT2D eigenvalue weighted by molar-refractivity contribution is 0.988. The third-order valence-electron chi connectivity index (χ3n) is 3.08. The van der Waals surface area contributed by atoms with E-state index in [1.807, 2.05) is 24.3 Å². The van der Waals surface area contributed by atoms with E-state index in [0.717, 1.165) is 11.1 Å². The van der Waals surface area contributed by atoms with Crippen LogP contribution in [-0.4, -0.2) is 19.9 Å². The molecular weight excluding hydrogens is 256 g/mol. The maximum atomic E-state index is 11.8. The summed E-state index contributed by atoms with van der Waals surface area (Å²) in [6.45, 7) is 1.01. The van der Waals surface area contributed by atoms with Crippen molar-refractivity contribution in [2.45, 2.75) is 13.1 Å². The van der Waals surface area contributed by atoms with Crippen molar-refractivity contribution in [1.29, 1.82) is 0 Å². The van der Waals surface area contributed by atoms with Crippen LogP contribution in [0, 0.1) is 0 Å². The number of nitrogens with zero attached hydrogens (tertiary/aromatic N) is 2. The van der Waals surface area contributed by atoms with Crippen molar-refractivity contribution in [1.82, 2.24) is 19.9 Å². The number of imidazole rings is 1. The molecule has 3 aromatic rings. The predicted molar refractivity (Wildman–Crippen MR) is 76.2 cm³/mol. The van der Waals surface area contributed by atoms with E-state index in [2.05, 4.69) is 25.3 Å². The van der Waals surface area contributed by atoms with Crippen LogP contribution in [0.5, 0.6) is 0 Å². The molecule has 0 radical (unpaired) electrons. The molecule has 7 nitrogen and oxygen atoms in total. The van der Waals surface area contributed by atoms with Crippen molar-refractivity contribution in [3.63, 3.8) is 0 Å². The van der Waals surface area contributed by atoms with Crippen LogP contribution >= 0.6 is 0 Å². The Morgan fingerprint density at radius 2 is 2.05 bits per heavy atom. The highest BCUT2D eigenvalue weighted by Crippen LogP contribution is 2.10. The van der Waals surface area contributed by atoms with Gasteiger partial charge in [-0.1, -0.05) is 24.3 Å². The molecule has 0 saturated heterocycles. The van der Waals surface area contributed by atoms with Gasteiger partial charge in [0, 0.05) is 13.1 Å². The molecule has 0 amide bonds. The molecular formula is C13H14N6O. The number of hydrogen-bond donors (Lipinski definition) is 4. The van der Waals surface area contributed by atoms with Crippen LogP contribution < -0.4 is 16.6 Å². The van der Waals surface area contributed by atoms with Gasteiger partial charge in [0.05, 0.1) is 6.33 Å².